The van der Waals surface area contributed by atoms with E-state index >= 15 is 0 Å². The number of rotatable bonds is 2. The Kier molecular flexibility index (Phi) is 3.82. The van der Waals surface area contributed by atoms with Crippen LogP contribution in [-0.4, -0.2) is 18.2 Å². The molecule has 2 rings (SSSR count). The monoisotopic (exact) mass is 258 g/mol. The van der Waals surface area contributed by atoms with Crippen LogP contribution in [0.2, 0.25) is 0 Å². The van der Waals surface area contributed by atoms with Gasteiger partial charge in [0.25, 0.3) is 0 Å². The normalized spacial score (nSPS) is 10.7. The summed E-state index contributed by atoms with van der Waals surface area (Å²) in [5.74, 6) is 0. The van der Waals surface area contributed by atoms with Gasteiger partial charge >= 0.3 is 0 Å². The molecule has 94 valence electrons. The molecule has 0 radical (unpaired) electrons. The van der Waals surface area contributed by atoms with E-state index < -0.39 is 0 Å². The van der Waals surface area contributed by atoms with Crippen LogP contribution in [0.1, 0.15) is 13.8 Å². The Hall–Kier alpha value is -1.61. The molecule has 1 N–H and O–H groups in total. The van der Waals surface area contributed by atoms with Gasteiger partial charge in [0.1, 0.15) is 0 Å². The SMILES string of the molecule is CC(C)NC(=S)N(C)c1ccc2ccccc2c1. The summed E-state index contributed by atoms with van der Waals surface area (Å²) in [6.07, 6.45) is 0. The smallest absolute Gasteiger partial charge is 0.173 e. The van der Waals surface area contributed by atoms with Gasteiger partial charge in [-0.1, -0.05) is 30.3 Å². The minimum Gasteiger partial charge on any atom is -0.360 e. The maximum atomic E-state index is 5.37. The predicted octanol–water partition coefficient (Wildman–Crippen LogP) is 3.56. The van der Waals surface area contributed by atoms with E-state index in [1.165, 1.54) is 10.8 Å². The first-order valence-electron chi connectivity index (χ1n) is 6.11. The fourth-order valence-corrected chi connectivity index (χ4v) is 2.19. The molecule has 2 aromatic carbocycles. The van der Waals surface area contributed by atoms with Crippen molar-refractivity contribution in [2.24, 2.45) is 0 Å². The molecule has 0 fully saturated rings. The van der Waals surface area contributed by atoms with Gasteiger partial charge in [-0.15, -0.1) is 0 Å². The summed E-state index contributed by atoms with van der Waals surface area (Å²) in [7, 11) is 1.99. The lowest BCUT2D eigenvalue weighted by molar-refractivity contribution is 0.732. The van der Waals surface area contributed by atoms with Crippen LogP contribution in [-0.2, 0) is 0 Å². The number of anilines is 1. The Morgan fingerprint density at radius 1 is 1.11 bits per heavy atom. The molecule has 0 aromatic heterocycles. The highest BCUT2D eigenvalue weighted by Gasteiger charge is 2.08. The molecule has 18 heavy (non-hydrogen) atoms. The van der Waals surface area contributed by atoms with Crippen LogP contribution in [0.5, 0.6) is 0 Å². The van der Waals surface area contributed by atoms with Crippen molar-refractivity contribution in [3.63, 3.8) is 0 Å². The van der Waals surface area contributed by atoms with E-state index in [2.05, 4.69) is 61.6 Å². The molecule has 0 bridgehead atoms. The minimum atomic E-state index is 0.348. The molecular formula is C15H18N2S. The average Bonchev–Trinajstić information content (AvgIpc) is 2.36. The van der Waals surface area contributed by atoms with Gasteiger partial charge in [-0.05, 0) is 49.0 Å². The third-order valence-corrected chi connectivity index (χ3v) is 3.23. The molecule has 0 heterocycles. The summed E-state index contributed by atoms with van der Waals surface area (Å²) in [6, 6.07) is 15.1. The maximum absolute atomic E-state index is 5.37. The molecule has 0 amide bonds. The molecule has 3 heteroatoms. The summed E-state index contributed by atoms with van der Waals surface area (Å²) < 4.78 is 0. The number of thiocarbonyl (C=S) groups is 1. The van der Waals surface area contributed by atoms with Gasteiger partial charge in [-0.2, -0.15) is 0 Å². The van der Waals surface area contributed by atoms with Gasteiger partial charge in [0.2, 0.25) is 0 Å². The summed E-state index contributed by atoms with van der Waals surface area (Å²) >= 11 is 5.37. The van der Waals surface area contributed by atoms with E-state index in [9.17, 15) is 0 Å². The van der Waals surface area contributed by atoms with Gasteiger partial charge < -0.3 is 10.2 Å². The largest absolute Gasteiger partial charge is 0.360 e. The standard InChI is InChI=1S/C15H18N2S/c1-11(2)16-15(18)17(3)14-9-8-12-6-4-5-7-13(12)10-14/h4-11H,1-3H3,(H,16,18). The Morgan fingerprint density at radius 2 is 1.78 bits per heavy atom. The van der Waals surface area contributed by atoms with Gasteiger partial charge in [0.05, 0.1) is 0 Å². The highest BCUT2D eigenvalue weighted by molar-refractivity contribution is 7.80. The van der Waals surface area contributed by atoms with Crippen molar-refractivity contribution in [1.29, 1.82) is 0 Å². The molecule has 0 saturated heterocycles. The topological polar surface area (TPSA) is 15.3 Å². The van der Waals surface area contributed by atoms with Gasteiger partial charge in [-0.3, -0.25) is 0 Å². The first-order chi connectivity index (χ1) is 8.58. The molecule has 0 saturated carbocycles. The Balaban J connectivity index is 2.27. The zero-order chi connectivity index (χ0) is 13.1. The molecule has 2 aromatic rings. The van der Waals surface area contributed by atoms with Crippen molar-refractivity contribution >= 4 is 33.8 Å². The first kappa shape index (κ1) is 12.8. The van der Waals surface area contributed by atoms with Crippen molar-refractivity contribution in [3.05, 3.63) is 42.5 Å². The number of fused-ring (bicyclic) bond motifs is 1. The van der Waals surface area contributed by atoms with Crippen LogP contribution >= 0.6 is 12.2 Å². The Bertz CT molecular complexity index is 563. The number of nitrogens with one attached hydrogen (secondary N) is 1. The molecule has 0 aliphatic rings. The van der Waals surface area contributed by atoms with E-state index in [1.807, 2.05) is 11.9 Å². The van der Waals surface area contributed by atoms with E-state index in [1.54, 1.807) is 0 Å². The van der Waals surface area contributed by atoms with Crippen molar-refractivity contribution in [3.8, 4) is 0 Å². The van der Waals surface area contributed by atoms with Crippen LogP contribution in [0.4, 0.5) is 5.69 Å². The second-order valence-corrected chi connectivity index (χ2v) is 5.08. The summed E-state index contributed by atoms with van der Waals surface area (Å²) in [4.78, 5) is 2.00. The summed E-state index contributed by atoms with van der Waals surface area (Å²) in [6.45, 7) is 4.17. The fraction of sp³-hybridized carbons (Fsp3) is 0.267. The maximum Gasteiger partial charge on any atom is 0.173 e. The number of benzene rings is 2. The third-order valence-electron chi connectivity index (χ3n) is 2.84. The molecule has 0 aliphatic heterocycles. The Morgan fingerprint density at radius 3 is 2.44 bits per heavy atom. The second kappa shape index (κ2) is 5.36. The van der Waals surface area contributed by atoms with E-state index in [0.29, 0.717) is 6.04 Å². The lowest BCUT2D eigenvalue weighted by Crippen LogP contribution is -2.40. The number of hydrogen-bond donors (Lipinski definition) is 1. The van der Waals surface area contributed by atoms with Crippen molar-refractivity contribution < 1.29 is 0 Å². The lowest BCUT2D eigenvalue weighted by Gasteiger charge is -2.23. The average molecular weight is 258 g/mol. The van der Waals surface area contributed by atoms with E-state index in [0.717, 1.165) is 10.8 Å². The van der Waals surface area contributed by atoms with Crippen molar-refractivity contribution in [2.45, 2.75) is 19.9 Å². The lowest BCUT2D eigenvalue weighted by atomic mass is 10.1. The molecule has 0 spiro atoms. The summed E-state index contributed by atoms with van der Waals surface area (Å²) in [5, 5.41) is 6.47. The molecule has 0 unspecified atom stereocenters. The highest BCUT2D eigenvalue weighted by Crippen LogP contribution is 2.21. The number of nitrogens with zero attached hydrogens (tertiary/aromatic N) is 1. The van der Waals surface area contributed by atoms with Crippen molar-refractivity contribution in [2.75, 3.05) is 11.9 Å². The minimum absolute atomic E-state index is 0.348. The Labute approximate surface area is 114 Å². The zero-order valence-corrected chi connectivity index (χ0v) is 11.8. The zero-order valence-electron chi connectivity index (χ0n) is 11.0. The molecule has 2 nitrogen and oxygen atoms in total. The first-order valence-corrected chi connectivity index (χ1v) is 6.52. The fourth-order valence-electron chi connectivity index (χ4n) is 1.85. The van der Waals surface area contributed by atoms with Gasteiger partial charge in [0.15, 0.2) is 5.11 Å². The second-order valence-electron chi connectivity index (χ2n) is 4.69. The van der Waals surface area contributed by atoms with Crippen LogP contribution in [0.3, 0.4) is 0 Å². The predicted molar refractivity (Wildman–Crippen MR) is 83.2 cm³/mol. The highest BCUT2D eigenvalue weighted by atomic mass is 32.1. The van der Waals surface area contributed by atoms with Crippen LogP contribution in [0.25, 0.3) is 10.8 Å². The number of hydrogen-bond acceptors (Lipinski definition) is 1. The van der Waals surface area contributed by atoms with Gasteiger partial charge in [-0.25, -0.2) is 0 Å². The van der Waals surface area contributed by atoms with E-state index in [-0.39, 0.29) is 0 Å². The van der Waals surface area contributed by atoms with Crippen LogP contribution in [0.15, 0.2) is 42.5 Å². The third kappa shape index (κ3) is 2.79. The molecule has 0 atom stereocenters. The summed E-state index contributed by atoms with van der Waals surface area (Å²) in [5.41, 5.74) is 1.10. The molecular weight excluding hydrogens is 240 g/mol. The molecule has 0 aliphatic carbocycles. The van der Waals surface area contributed by atoms with E-state index in [4.69, 9.17) is 12.2 Å². The quantitative estimate of drug-likeness (QED) is 0.829. The van der Waals surface area contributed by atoms with Crippen molar-refractivity contribution in [1.82, 2.24) is 5.32 Å². The van der Waals surface area contributed by atoms with Crippen LogP contribution in [0, 0.1) is 0 Å². The van der Waals surface area contributed by atoms with Crippen LogP contribution < -0.4 is 10.2 Å². The van der Waals surface area contributed by atoms with Gasteiger partial charge in [0, 0.05) is 18.8 Å².